The van der Waals surface area contributed by atoms with Crippen LogP contribution in [-0.4, -0.2) is 42.5 Å². The van der Waals surface area contributed by atoms with Gasteiger partial charge >= 0.3 is 6.09 Å². The fourth-order valence-electron chi connectivity index (χ4n) is 2.97. The maximum Gasteiger partial charge on any atom is 0.414 e. The zero-order valence-corrected chi connectivity index (χ0v) is 17.5. The summed E-state index contributed by atoms with van der Waals surface area (Å²) in [4.78, 5) is 36.4. The zero-order chi connectivity index (χ0) is 23.4. The summed E-state index contributed by atoms with van der Waals surface area (Å²) in [6.07, 6.45) is -4.32. The molecule has 1 aliphatic rings. The van der Waals surface area contributed by atoms with Crippen molar-refractivity contribution in [3.8, 4) is 0 Å². The maximum atomic E-state index is 14.7. The Morgan fingerprint density at radius 1 is 1.22 bits per heavy atom. The van der Waals surface area contributed by atoms with Crippen LogP contribution in [0.15, 0.2) is 47.3 Å². The normalized spacial score (nSPS) is 15.5. The lowest BCUT2D eigenvalue weighted by Crippen LogP contribution is -2.36. The number of benzene rings is 1. The fourth-order valence-corrected chi connectivity index (χ4v) is 3.05. The molecule has 168 valence electrons. The van der Waals surface area contributed by atoms with Crippen molar-refractivity contribution in [1.82, 2.24) is 5.32 Å². The van der Waals surface area contributed by atoms with Gasteiger partial charge in [0, 0.05) is 5.56 Å². The number of nitrogens with one attached hydrogen (secondary N) is 2. The summed E-state index contributed by atoms with van der Waals surface area (Å²) < 4.78 is 44.7. The van der Waals surface area contributed by atoms with E-state index in [1.807, 2.05) is 0 Å². The third-order valence-corrected chi connectivity index (χ3v) is 4.93. The van der Waals surface area contributed by atoms with Crippen LogP contribution in [0.3, 0.4) is 0 Å². The molecule has 2 aromatic carbocycles. The number of amides is 1. The number of thiocarbonyl (C=S) groups is 1. The topological polar surface area (TPSA) is 87.7 Å². The lowest BCUT2D eigenvalue weighted by molar-refractivity contribution is 0.101. The van der Waals surface area contributed by atoms with Crippen LogP contribution in [0.4, 0.5) is 35.0 Å². The van der Waals surface area contributed by atoms with Crippen molar-refractivity contribution in [1.29, 1.82) is 0 Å². The minimum absolute atomic E-state index is 0.0109. The van der Waals surface area contributed by atoms with Crippen molar-refractivity contribution in [3.05, 3.63) is 64.1 Å². The number of Topliss-reactive ketones (excluding diaryl/α,β-unsaturated/α-hetero) is 1. The lowest BCUT2D eigenvalue weighted by Gasteiger charge is -2.15. The summed E-state index contributed by atoms with van der Waals surface area (Å²) in [5.74, 6) is -1.02. The molecule has 11 heteroatoms. The molecule has 1 heterocycles. The Labute approximate surface area is 186 Å². The Balaban J connectivity index is 1.73. The van der Waals surface area contributed by atoms with Crippen LogP contribution in [0, 0.1) is 5.82 Å². The lowest BCUT2D eigenvalue weighted by atomic mass is 10.2. The molecule has 1 fully saturated rings. The molecule has 2 aromatic rings. The Morgan fingerprint density at radius 3 is 2.62 bits per heavy atom. The highest BCUT2D eigenvalue weighted by Crippen LogP contribution is 2.27. The highest BCUT2D eigenvalue weighted by Gasteiger charge is 2.33. The van der Waals surface area contributed by atoms with Gasteiger partial charge in [-0.3, -0.25) is 14.5 Å². The summed E-state index contributed by atoms with van der Waals surface area (Å²) in [5.41, 5.74) is -0.0363. The Hall–Kier alpha value is -3.47. The van der Waals surface area contributed by atoms with Crippen molar-refractivity contribution in [2.45, 2.75) is 19.5 Å². The number of carbonyl (C=O) groups excluding carboxylic acids is 2. The monoisotopic (exact) mass is 465 g/mol. The zero-order valence-electron chi connectivity index (χ0n) is 16.7. The number of anilines is 3. The maximum absolute atomic E-state index is 14.7. The van der Waals surface area contributed by atoms with Crippen molar-refractivity contribution in [2.75, 3.05) is 23.3 Å². The van der Waals surface area contributed by atoms with Crippen LogP contribution in [0.5, 0.6) is 0 Å². The van der Waals surface area contributed by atoms with Gasteiger partial charge in [-0.05, 0) is 37.3 Å². The number of ketones is 1. The van der Waals surface area contributed by atoms with Gasteiger partial charge in [0.1, 0.15) is 16.9 Å². The molecule has 0 radical (unpaired) electrons. The van der Waals surface area contributed by atoms with Crippen LogP contribution in [0.25, 0.3) is 0 Å². The minimum atomic E-state index is -2.82. The number of cyclic esters (lactones) is 1. The summed E-state index contributed by atoms with van der Waals surface area (Å²) >= 11 is 4.47. The van der Waals surface area contributed by atoms with Gasteiger partial charge < -0.3 is 15.4 Å². The predicted octanol–water partition coefficient (Wildman–Crippen LogP) is 3.64. The first-order valence-corrected chi connectivity index (χ1v) is 9.82. The van der Waals surface area contributed by atoms with E-state index in [4.69, 9.17) is 4.74 Å². The SMILES string of the molecule is CC(=O)c1cccc(Nc2ccc(N3C[C@H](CNC(=S)C(F)F)OC3=O)cc2F)c(=O)c1. The molecule has 0 unspecified atom stereocenters. The van der Waals surface area contributed by atoms with Gasteiger partial charge in [0.05, 0.1) is 30.2 Å². The molecule has 0 bridgehead atoms. The van der Waals surface area contributed by atoms with E-state index in [0.29, 0.717) is 0 Å². The van der Waals surface area contributed by atoms with Gasteiger partial charge in [0.15, 0.2) is 5.78 Å². The molecule has 1 saturated heterocycles. The molecule has 0 aromatic heterocycles. The second kappa shape index (κ2) is 9.77. The van der Waals surface area contributed by atoms with Gasteiger partial charge in [-0.1, -0.05) is 24.4 Å². The van der Waals surface area contributed by atoms with Gasteiger partial charge in [-0.2, -0.15) is 0 Å². The standard InChI is InChI=1S/C21H18F3N3O4S/c1-11(28)12-3-2-4-17(18(29)7-12)26-16-6-5-13(8-15(16)22)27-10-14(31-21(27)30)9-25-20(32)19(23)24/h2-8,14,19H,9-10H2,1H3,(H,25,32)(H,26,29)/t14-/m0/s1. The second-order valence-corrected chi connectivity index (χ2v) is 7.35. The Morgan fingerprint density at radius 2 is 1.97 bits per heavy atom. The molecule has 1 aliphatic heterocycles. The summed E-state index contributed by atoms with van der Waals surface area (Å²) in [7, 11) is 0. The Kier molecular flexibility index (Phi) is 7.08. The first-order valence-electron chi connectivity index (χ1n) is 9.41. The molecular weight excluding hydrogens is 447 g/mol. The number of halogens is 3. The molecule has 1 atom stereocenters. The summed E-state index contributed by atoms with van der Waals surface area (Å²) in [5, 5.41) is 5.00. The van der Waals surface area contributed by atoms with Gasteiger partial charge in [-0.25, -0.2) is 18.0 Å². The summed E-state index contributed by atoms with van der Waals surface area (Å²) in [6.45, 7) is 1.24. The van der Waals surface area contributed by atoms with Gasteiger partial charge in [-0.15, -0.1) is 0 Å². The Bertz CT molecular complexity index is 1130. The van der Waals surface area contributed by atoms with Crippen molar-refractivity contribution < 1.29 is 27.5 Å². The average molecular weight is 465 g/mol. The van der Waals surface area contributed by atoms with Crippen LogP contribution in [0.2, 0.25) is 0 Å². The van der Waals surface area contributed by atoms with E-state index in [-0.39, 0.29) is 41.5 Å². The number of carbonyl (C=O) groups is 2. The van der Waals surface area contributed by atoms with Crippen LogP contribution >= 0.6 is 12.2 Å². The number of nitrogens with zero attached hydrogens (tertiary/aromatic N) is 1. The van der Waals surface area contributed by atoms with Crippen molar-refractivity contribution in [3.63, 3.8) is 0 Å². The first-order chi connectivity index (χ1) is 15.2. The molecule has 32 heavy (non-hydrogen) atoms. The fraction of sp³-hybridized carbons (Fsp3) is 0.238. The number of alkyl halides is 2. The van der Waals surface area contributed by atoms with E-state index >= 15 is 0 Å². The number of rotatable bonds is 7. The summed E-state index contributed by atoms with van der Waals surface area (Å²) in [6, 6.07) is 9.42. The van der Waals surface area contributed by atoms with Crippen LogP contribution < -0.4 is 21.0 Å². The van der Waals surface area contributed by atoms with E-state index in [1.165, 1.54) is 37.3 Å². The van der Waals surface area contributed by atoms with Gasteiger partial charge in [0.2, 0.25) is 5.43 Å². The predicted molar refractivity (Wildman–Crippen MR) is 117 cm³/mol. The van der Waals surface area contributed by atoms with Crippen LogP contribution in [0.1, 0.15) is 17.3 Å². The van der Waals surface area contributed by atoms with E-state index in [2.05, 4.69) is 22.9 Å². The molecule has 3 rings (SSSR count). The third-order valence-electron chi connectivity index (χ3n) is 4.61. The molecule has 2 N–H and O–H groups in total. The molecule has 7 nitrogen and oxygen atoms in total. The smallest absolute Gasteiger partial charge is 0.414 e. The van der Waals surface area contributed by atoms with Crippen molar-refractivity contribution in [2.24, 2.45) is 0 Å². The molecule has 0 aliphatic carbocycles. The third kappa shape index (κ3) is 5.41. The van der Waals surface area contributed by atoms with E-state index < -0.39 is 34.9 Å². The average Bonchev–Trinajstić information content (AvgIpc) is 3.00. The first kappa shape index (κ1) is 23.2. The number of hydrogen-bond acceptors (Lipinski definition) is 6. The minimum Gasteiger partial charge on any atom is -0.442 e. The number of hydrogen-bond donors (Lipinski definition) is 2. The molecule has 1 amide bonds. The quantitative estimate of drug-likeness (QED) is 0.477. The van der Waals surface area contributed by atoms with Crippen molar-refractivity contribution >= 4 is 46.1 Å². The molecule has 0 saturated carbocycles. The van der Waals surface area contributed by atoms with E-state index in [9.17, 15) is 27.6 Å². The number of ether oxygens (including phenoxy) is 1. The largest absolute Gasteiger partial charge is 0.442 e. The van der Waals surface area contributed by atoms with E-state index in [1.54, 1.807) is 0 Å². The second-order valence-electron chi connectivity index (χ2n) is 6.91. The van der Waals surface area contributed by atoms with Crippen LogP contribution in [-0.2, 0) is 4.74 Å². The highest BCUT2D eigenvalue weighted by molar-refractivity contribution is 7.80. The molecule has 0 spiro atoms. The highest BCUT2D eigenvalue weighted by atomic mass is 32.1. The van der Waals surface area contributed by atoms with E-state index in [0.717, 1.165) is 17.0 Å². The van der Waals surface area contributed by atoms with Gasteiger partial charge in [0.25, 0.3) is 6.43 Å². The molecular formula is C21H18F3N3O4S.